The van der Waals surface area contributed by atoms with E-state index in [2.05, 4.69) is 15.5 Å². The molecule has 0 spiro atoms. The van der Waals surface area contributed by atoms with E-state index in [0.717, 1.165) is 23.5 Å². The number of benzene rings is 1. The van der Waals surface area contributed by atoms with Crippen LogP contribution < -0.4 is 11.1 Å². The van der Waals surface area contributed by atoms with Gasteiger partial charge < -0.3 is 15.6 Å². The molecule has 21 heavy (non-hydrogen) atoms. The van der Waals surface area contributed by atoms with Crippen LogP contribution in [0.2, 0.25) is 0 Å². The third kappa shape index (κ3) is 4.09. The molecular formula is C14H17N5OS. The maximum Gasteiger partial charge on any atom is 0.224 e. The predicted octanol–water partition coefficient (Wildman–Crippen LogP) is 0.791. The zero-order valence-corrected chi connectivity index (χ0v) is 12.6. The summed E-state index contributed by atoms with van der Waals surface area (Å²) in [5.41, 5.74) is 7.23. The lowest BCUT2D eigenvalue weighted by atomic mass is 10.1. The van der Waals surface area contributed by atoms with Crippen molar-refractivity contribution in [3.8, 4) is 0 Å². The van der Waals surface area contributed by atoms with Gasteiger partial charge in [-0.25, -0.2) is 0 Å². The Morgan fingerprint density at radius 2 is 2.10 bits per heavy atom. The van der Waals surface area contributed by atoms with E-state index in [1.165, 1.54) is 0 Å². The quantitative estimate of drug-likeness (QED) is 0.771. The molecule has 7 heteroatoms. The van der Waals surface area contributed by atoms with Crippen molar-refractivity contribution in [3.63, 3.8) is 0 Å². The summed E-state index contributed by atoms with van der Waals surface area (Å²) in [4.78, 5) is 12.3. The monoisotopic (exact) mass is 303 g/mol. The van der Waals surface area contributed by atoms with Gasteiger partial charge in [-0.3, -0.25) is 4.79 Å². The van der Waals surface area contributed by atoms with E-state index >= 15 is 0 Å². The number of nitrogens with one attached hydrogen (secondary N) is 1. The van der Waals surface area contributed by atoms with Crippen molar-refractivity contribution < 1.29 is 4.79 Å². The van der Waals surface area contributed by atoms with Gasteiger partial charge in [0, 0.05) is 12.1 Å². The molecule has 0 fully saturated rings. The Bertz CT molecular complexity index is 635. The summed E-state index contributed by atoms with van der Waals surface area (Å²) in [6, 6.07) is 7.34. The molecule has 0 radical (unpaired) electrons. The van der Waals surface area contributed by atoms with Crippen molar-refractivity contribution in [2.24, 2.45) is 5.73 Å². The van der Waals surface area contributed by atoms with Crippen LogP contribution in [0.5, 0.6) is 0 Å². The average molecular weight is 303 g/mol. The van der Waals surface area contributed by atoms with Gasteiger partial charge in [0.1, 0.15) is 11.3 Å². The molecular weight excluding hydrogens is 286 g/mol. The molecule has 0 aliphatic heterocycles. The number of aryl methyl sites for hydroxylation is 1. The van der Waals surface area contributed by atoms with Crippen LogP contribution in [0.4, 0.5) is 0 Å². The van der Waals surface area contributed by atoms with Gasteiger partial charge >= 0.3 is 0 Å². The lowest BCUT2D eigenvalue weighted by Gasteiger charge is -2.06. The number of nitrogens with zero attached hydrogens (tertiary/aromatic N) is 3. The minimum Gasteiger partial charge on any atom is -0.389 e. The normalized spacial score (nSPS) is 10.3. The molecule has 3 N–H and O–H groups in total. The van der Waals surface area contributed by atoms with Gasteiger partial charge in [-0.1, -0.05) is 36.5 Å². The maximum absolute atomic E-state index is 11.9. The SMILES string of the molecule is CCn1cnnc1CNC(=O)Cc1ccc(C(N)=S)cc1. The minimum atomic E-state index is -0.0660. The van der Waals surface area contributed by atoms with Crippen LogP contribution in [-0.4, -0.2) is 25.7 Å². The maximum atomic E-state index is 11.9. The fourth-order valence-electron chi connectivity index (χ4n) is 1.89. The second kappa shape index (κ2) is 6.94. The zero-order valence-electron chi connectivity index (χ0n) is 11.7. The molecule has 0 aliphatic rings. The Kier molecular flexibility index (Phi) is 4.99. The van der Waals surface area contributed by atoms with Gasteiger partial charge in [-0.05, 0) is 12.5 Å². The molecule has 0 atom stereocenters. The minimum absolute atomic E-state index is 0.0660. The Hall–Kier alpha value is -2.28. The summed E-state index contributed by atoms with van der Waals surface area (Å²) in [7, 11) is 0. The van der Waals surface area contributed by atoms with Gasteiger partial charge in [0.2, 0.25) is 5.91 Å². The van der Waals surface area contributed by atoms with Gasteiger partial charge in [-0.15, -0.1) is 10.2 Å². The number of carbonyl (C=O) groups excluding carboxylic acids is 1. The highest BCUT2D eigenvalue weighted by molar-refractivity contribution is 7.80. The van der Waals surface area contributed by atoms with Gasteiger partial charge in [0.05, 0.1) is 13.0 Å². The molecule has 1 aromatic carbocycles. The highest BCUT2D eigenvalue weighted by Gasteiger charge is 2.07. The number of thiocarbonyl (C=S) groups is 1. The molecule has 0 bridgehead atoms. The highest BCUT2D eigenvalue weighted by Crippen LogP contribution is 2.05. The number of rotatable bonds is 6. The summed E-state index contributed by atoms with van der Waals surface area (Å²) in [5.74, 6) is 0.679. The van der Waals surface area contributed by atoms with Gasteiger partial charge in [-0.2, -0.15) is 0 Å². The number of carbonyl (C=O) groups is 1. The van der Waals surface area contributed by atoms with E-state index in [1.807, 2.05) is 35.8 Å². The van der Waals surface area contributed by atoms with E-state index in [0.29, 0.717) is 18.0 Å². The molecule has 0 aliphatic carbocycles. The standard InChI is InChI=1S/C14H17N5OS/c1-2-19-9-17-18-12(19)8-16-13(20)7-10-3-5-11(6-4-10)14(15)21/h3-6,9H,2,7-8H2,1H3,(H2,15,21)(H,16,20). The number of hydrogen-bond donors (Lipinski definition) is 2. The van der Waals surface area contributed by atoms with Crippen molar-refractivity contribution in [2.75, 3.05) is 0 Å². The number of aromatic nitrogens is 3. The van der Waals surface area contributed by atoms with Crippen molar-refractivity contribution in [2.45, 2.75) is 26.4 Å². The van der Waals surface area contributed by atoms with Crippen LogP contribution in [0.25, 0.3) is 0 Å². The molecule has 6 nitrogen and oxygen atoms in total. The zero-order chi connectivity index (χ0) is 15.2. The van der Waals surface area contributed by atoms with E-state index in [1.54, 1.807) is 6.33 Å². The topological polar surface area (TPSA) is 85.8 Å². The summed E-state index contributed by atoms with van der Waals surface area (Å²) < 4.78 is 1.89. The summed E-state index contributed by atoms with van der Waals surface area (Å²) >= 11 is 4.89. The first-order chi connectivity index (χ1) is 10.1. The predicted molar refractivity (Wildman–Crippen MR) is 83.6 cm³/mol. The Balaban J connectivity index is 1.88. The molecule has 2 aromatic rings. The van der Waals surface area contributed by atoms with E-state index in [9.17, 15) is 4.79 Å². The Labute approximate surface area is 128 Å². The van der Waals surface area contributed by atoms with Crippen LogP contribution in [0.15, 0.2) is 30.6 Å². The van der Waals surface area contributed by atoms with E-state index in [4.69, 9.17) is 18.0 Å². The molecule has 0 saturated carbocycles. The van der Waals surface area contributed by atoms with Gasteiger partial charge in [0.15, 0.2) is 5.82 Å². The fourth-order valence-corrected chi connectivity index (χ4v) is 2.03. The molecule has 0 saturated heterocycles. The van der Waals surface area contributed by atoms with Crippen LogP contribution in [0.3, 0.4) is 0 Å². The van der Waals surface area contributed by atoms with Crippen LogP contribution in [0, 0.1) is 0 Å². The summed E-state index contributed by atoms with van der Waals surface area (Å²) in [6.45, 7) is 3.15. The van der Waals surface area contributed by atoms with Crippen LogP contribution in [-0.2, 0) is 24.3 Å². The van der Waals surface area contributed by atoms with Crippen LogP contribution in [0.1, 0.15) is 23.9 Å². The summed E-state index contributed by atoms with van der Waals surface area (Å²) in [5, 5.41) is 10.6. The Morgan fingerprint density at radius 1 is 1.38 bits per heavy atom. The van der Waals surface area contributed by atoms with Crippen molar-refractivity contribution in [1.82, 2.24) is 20.1 Å². The first kappa shape index (κ1) is 15.1. The molecule has 110 valence electrons. The lowest BCUT2D eigenvalue weighted by Crippen LogP contribution is -2.26. The summed E-state index contributed by atoms with van der Waals surface area (Å²) in [6.07, 6.45) is 1.95. The van der Waals surface area contributed by atoms with Crippen LogP contribution >= 0.6 is 12.2 Å². The molecule has 1 aromatic heterocycles. The largest absolute Gasteiger partial charge is 0.389 e. The first-order valence-corrected chi connectivity index (χ1v) is 7.03. The Morgan fingerprint density at radius 3 is 2.71 bits per heavy atom. The van der Waals surface area contributed by atoms with E-state index < -0.39 is 0 Å². The van der Waals surface area contributed by atoms with E-state index in [-0.39, 0.29) is 5.91 Å². The number of hydrogen-bond acceptors (Lipinski definition) is 4. The highest BCUT2D eigenvalue weighted by atomic mass is 32.1. The third-order valence-electron chi connectivity index (χ3n) is 3.08. The molecule has 2 rings (SSSR count). The van der Waals surface area contributed by atoms with Crippen molar-refractivity contribution in [3.05, 3.63) is 47.5 Å². The molecule has 1 heterocycles. The molecule has 0 unspecified atom stereocenters. The number of amides is 1. The second-order valence-corrected chi connectivity index (χ2v) is 4.99. The van der Waals surface area contributed by atoms with Crippen molar-refractivity contribution >= 4 is 23.1 Å². The first-order valence-electron chi connectivity index (χ1n) is 6.62. The number of nitrogens with two attached hydrogens (primary N) is 1. The molecule has 1 amide bonds. The van der Waals surface area contributed by atoms with Crippen molar-refractivity contribution in [1.29, 1.82) is 0 Å². The lowest BCUT2D eigenvalue weighted by molar-refractivity contribution is -0.120. The van der Waals surface area contributed by atoms with Gasteiger partial charge in [0.25, 0.3) is 0 Å². The third-order valence-corrected chi connectivity index (χ3v) is 3.32. The fraction of sp³-hybridized carbons (Fsp3) is 0.286. The average Bonchev–Trinajstić information content (AvgIpc) is 2.93. The smallest absolute Gasteiger partial charge is 0.224 e. The second-order valence-electron chi connectivity index (χ2n) is 4.55.